The van der Waals surface area contributed by atoms with E-state index in [9.17, 15) is 0 Å². The molecule has 0 heterocycles. The third-order valence-corrected chi connectivity index (χ3v) is 1.50. The Labute approximate surface area is 51.7 Å². The van der Waals surface area contributed by atoms with Gasteiger partial charge in [-0.15, -0.1) is 0 Å². The zero-order chi connectivity index (χ0) is 5.82. The van der Waals surface area contributed by atoms with Crippen LogP contribution < -0.4 is 5.30 Å². The fourth-order valence-electron chi connectivity index (χ4n) is 0.514. The van der Waals surface area contributed by atoms with Crippen molar-refractivity contribution >= 4 is 20.6 Å². The van der Waals surface area contributed by atoms with E-state index in [2.05, 4.69) is 0 Å². The molecule has 0 unspecified atom stereocenters. The van der Waals surface area contributed by atoms with Gasteiger partial charge in [0.2, 0.25) is 0 Å². The molecule has 0 spiro atoms. The van der Waals surface area contributed by atoms with Crippen molar-refractivity contribution in [1.82, 2.24) is 0 Å². The van der Waals surface area contributed by atoms with E-state index in [-0.39, 0.29) is 0 Å². The third kappa shape index (κ3) is 1.28. The van der Waals surface area contributed by atoms with Crippen LogP contribution in [0.2, 0.25) is 0 Å². The summed E-state index contributed by atoms with van der Waals surface area (Å²) in [4.78, 5) is 0. The van der Waals surface area contributed by atoms with Crippen LogP contribution in [0.5, 0.6) is 0 Å². The van der Waals surface area contributed by atoms with Gasteiger partial charge in [-0.25, -0.2) is 0 Å². The third-order valence-electron chi connectivity index (χ3n) is 0.905. The fourth-order valence-corrected chi connectivity index (χ4v) is 0.858. The van der Waals surface area contributed by atoms with Gasteiger partial charge in [0.25, 0.3) is 0 Å². The van der Waals surface area contributed by atoms with E-state index >= 15 is 0 Å². The molecule has 0 atom stereocenters. The summed E-state index contributed by atoms with van der Waals surface area (Å²) >= 11 is 0. The molecule has 37 valence electrons. The molecule has 1 aromatic carbocycles. The summed E-state index contributed by atoms with van der Waals surface area (Å²) in [5.74, 6) is 0. The zero-order valence-corrected chi connectivity index (χ0v) is 5.31. The first kappa shape index (κ1) is 5.72. The molecule has 0 aromatic heterocycles. The van der Waals surface area contributed by atoms with E-state index in [0.29, 0.717) is 0 Å². The van der Waals surface area contributed by atoms with Crippen LogP contribution in [0.15, 0.2) is 30.3 Å². The van der Waals surface area contributed by atoms with Gasteiger partial charge < -0.3 is 0 Å². The van der Waals surface area contributed by atoms with Crippen LogP contribution in [0.25, 0.3) is 0 Å². The van der Waals surface area contributed by atoms with Gasteiger partial charge in [-0.3, -0.25) is 0 Å². The fraction of sp³-hybridized carbons (Fsp3) is 0. The molecule has 0 aliphatic rings. The first-order valence-corrected chi connectivity index (χ1v) is 3.36. The number of hydrogen-bond donors (Lipinski definition) is 0. The van der Waals surface area contributed by atoms with E-state index in [1.807, 2.05) is 30.3 Å². The predicted molar refractivity (Wildman–Crippen MR) is 38.8 cm³/mol. The van der Waals surface area contributed by atoms with Crippen molar-refractivity contribution in [2.45, 2.75) is 0 Å². The first-order chi connectivity index (χ1) is 3.93. The SMILES string of the molecule is [B]=Pc1ccccc1. The summed E-state index contributed by atoms with van der Waals surface area (Å²) in [6.45, 7) is 0. The molecular weight excluding hydrogens is 114 g/mol. The summed E-state index contributed by atoms with van der Waals surface area (Å²) < 4.78 is 0. The summed E-state index contributed by atoms with van der Waals surface area (Å²) in [7, 11) is 6.17. The summed E-state index contributed by atoms with van der Waals surface area (Å²) in [5, 5.41) is 1.16. The van der Waals surface area contributed by atoms with Crippen LogP contribution in [0.4, 0.5) is 0 Å². The van der Waals surface area contributed by atoms with Crippen LogP contribution >= 0.6 is 8.07 Å². The van der Waals surface area contributed by atoms with E-state index in [1.54, 1.807) is 0 Å². The first-order valence-electron chi connectivity index (χ1n) is 2.39. The molecule has 0 bridgehead atoms. The molecule has 1 radical (unpaired) electrons. The van der Waals surface area contributed by atoms with E-state index in [1.165, 1.54) is 0 Å². The van der Waals surface area contributed by atoms with Crippen LogP contribution in [0, 0.1) is 0 Å². The second-order valence-electron chi connectivity index (χ2n) is 1.46. The van der Waals surface area contributed by atoms with Crippen LogP contribution in [-0.4, -0.2) is 7.18 Å². The maximum absolute atomic E-state index is 5.32. The topological polar surface area (TPSA) is 0 Å². The molecular formula is C6H5BP. The predicted octanol–water partition coefficient (Wildman–Crippen LogP) is 1.34. The maximum atomic E-state index is 5.32. The molecule has 0 saturated carbocycles. The molecule has 0 saturated heterocycles. The van der Waals surface area contributed by atoms with Crippen molar-refractivity contribution in [2.75, 3.05) is 0 Å². The van der Waals surface area contributed by atoms with Crippen molar-refractivity contribution in [3.8, 4) is 0 Å². The molecule has 0 aliphatic heterocycles. The average Bonchev–Trinajstić information content (AvgIpc) is 1.90. The van der Waals surface area contributed by atoms with Crippen LogP contribution in [0.1, 0.15) is 0 Å². The molecule has 0 aliphatic carbocycles. The molecule has 2 heteroatoms. The Hall–Kier alpha value is -0.415. The van der Waals surface area contributed by atoms with Gasteiger partial charge in [-0.1, -0.05) is 0 Å². The van der Waals surface area contributed by atoms with Crippen molar-refractivity contribution in [3.05, 3.63) is 30.3 Å². The minimum absolute atomic E-state index is 0.849. The number of rotatable bonds is 1. The summed E-state index contributed by atoms with van der Waals surface area (Å²) in [6, 6.07) is 9.95. The number of benzene rings is 1. The molecule has 0 fully saturated rings. The summed E-state index contributed by atoms with van der Waals surface area (Å²) in [5.41, 5.74) is 0. The van der Waals surface area contributed by atoms with Crippen LogP contribution in [0.3, 0.4) is 0 Å². The van der Waals surface area contributed by atoms with Gasteiger partial charge in [0.1, 0.15) is 0 Å². The van der Waals surface area contributed by atoms with E-state index in [0.717, 1.165) is 13.4 Å². The van der Waals surface area contributed by atoms with Gasteiger partial charge in [-0.2, -0.15) is 0 Å². The Morgan fingerprint density at radius 3 is 2.12 bits per heavy atom. The Balaban J connectivity index is 2.99. The Morgan fingerprint density at radius 2 is 1.75 bits per heavy atom. The van der Waals surface area contributed by atoms with Crippen molar-refractivity contribution in [3.63, 3.8) is 0 Å². The van der Waals surface area contributed by atoms with Gasteiger partial charge >= 0.3 is 50.9 Å². The van der Waals surface area contributed by atoms with Gasteiger partial charge in [0.05, 0.1) is 0 Å². The standard InChI is InChI=1S/C6H5BP/c7-8-6-4-2-1-3-5-6/h1-5H. The zero-order valence-electron chi connectivity index (χ0n) is 4.41. The molecule has 0 N–H and O–H groups in total. The monoisotopic (exact) mass is 119 g/mol. The quantitative estimate of drug-likeness (QED) is 0.386. The van der Waals surface area contributed by atoms with Crippen molar-refractivity contribution in [2.24, 2.45) is 0 Å². The van der Waals surface area contributed by atoms with Gasteiger partial charge in [0.15, 0.2) is 0 Å². The molecule has 0 amide bonds. The normalized spacial score (nSPS) is 9.38. The summed E-state index contributed by atoms with van der Waals surface area (Å²) in [6.07, 6.45) is 0. The van der Waals surface area contributed by atoms with E-state index < -0.39 is 0 Å². The Morgan fingerprint density at radius 1 is 1.12 bits per heavy atom. The second kappa shape index (κ2) is 2.79. The van der Waals surface area contributed by atoms with E-state index in [4.69, 9.17) is 7.18 Å². The Kier molecular flexibility index (Phi) is 1.99. The Bertz CT molecular complexity index is 171. The minimum atomic E-state index is 0.849. The van der Waals surface area contributed by atoms with Crippen molar-refractivity contribution in [1.29, 1.82) is 0 Å². The van der Waals surface area contributed by atoms with Gasteiger partial charge in [-0.05, 0) is 0 Å². The molecule has 8 heavy (non-hydrogen) atoms. The molecule has 0 nitrogen and oxygen atoms in total. The second-order valence-corrected chi connectivity index (χ2v) is 2.24. The molecule has 1 rings (SSSR count). The van der Waals surface area contributed by atoms with Gasteiger partial charge in [0, 0.05) is 0 Å². The average molecular weight is 119 g/mol. The molecule has 1 aromatic rings. The van der Waals surface area contributed by atoms with Crippen molar-refractivity contribution < 1.29 is 0 Å². The van der Waals surface area contributed by atoms with Crippen LogP contribution in [-0.2, 0) is 0 Å². The number of hydrogen-bond acceptors (Lipinski definition) is 0.